The topological polar surface area (TPSA) is 112 Å². The molecule has 38 heavy (non-hydrogen) atoms. The fourth-order valence-electron chi connectivity index (χ4n) is 5.56. The van der Waals surface area contributed by atoms with Gasteiger partial charge in [-0.15, -0.1) is 0 Å². The first kappa shape index (κ1) is 24.0. The van der Waals surface area contributed by atoms with Gasteiger partial charge in [-0.1, -0.05) is 23.4 Å². The number of fused-ring (bicyclic) bond motifs is 1. The zero-order valence-electron chi connectivity index (χ0n) is 20.7. The van der Waals surface area contributed by atoms with Crippen molar-refractivity contribution in [3.63, 3.8) is 0 Å². The lowest BCUT2D eigenvalue weighted by atomic mass is 9.80. The van der Waals surface area contributed by atoms with E-state index in [9.17, 15) is 14.4 Å². The van der Waals surface area contributed by atoms with Crippen LogP contribution in [0.3, 0.4) is 0 Å². The number of carboxylic acid groups (broad SMARTS) is 1. The molecule has 1 unspecified atom stereocenters. The van der Waals surface area contributed by atoms with E-state index in [2.05, 4.69) is 33.7 Å². The summed E-state index contributed by atoms with van der Waals surface area (Å²) in [6, 6.07) is 18.5. The normalized spacial score (nSPS) is 20.0. The molecule has 1 saturated carbocycles. The van der Waals surface area contributed by atoms with Gasteiger partial charge in [0.25, 0.3) is 5.89 Å². The largest absolute Gasteiger partial charge is 0.481 e. The molecule has 190 valence electrons. The number of nitrogens with one attached hydrogen (secondary N) is 1. The highest BCUT2D eigenvalue weighted by atomic mass is 19.1. The molecule has 1 heterocycles. The van der Waals surface area contributed by atoms with Gasteiger partial charge >= 0.3 is 5.97 Å². The van der Waals surface area contributed by atoms with E-state index in [-0.39, 0.29) is 18.0 Å². The maximum absolute atomic E-state index is 13.9. The van der Waals surface area contributed by atoms with Crippen LogP contribution in [0.4, 0.5) is 4.39 Å². The smallest absolute Gasteiger partial charge is 0.306 e. The number of aryl methyl sites for hydroxylation is 2. The van der Waals surface area contributed by atoms with Gasteiger partial charge in [0, 0.05) is 28.8 Å². The highest BCUT2D eigenvalue weighted by molar-refractivity contribution is 5.76. The van der Waals surface area contributed by atoms with Crippen molar-refractivity contribution in [3.8, 4) is 40.0 Å². The number of rotatable bonds is 6. The SMILES string of the molecule is Cc1cc(-c2nc(-c3ccc4c(c3)CCC4N[C@H]3C[C@H](C(=O)O)C3)no2)ccc1-c1cc(F)ccc1C#N. The van der Waals surface area contributed by atoms with Gasteiger partial charge in [0.2, 0.25) is 5.82 Å². The lowest BCUT2D eigenvalue weighted by Crippen LogP contribution is -2.45. The molecule has 0 bridgehead atoms. The van der Waals surface area contributed by atoms with Crippen LogP contribution in [0, 0.1) is 30.0 Å². The second-order valence-corrected chi connectivity index (χ2v) is 10.1. The van der Waals surface area contributed by atoms with E-state index in [0.29, 0.717) is 35.7 Å². The molecular formula is C30H25FN4O3. The number of nitriles is 1. The van der Waals surface area contributed by atoms with Crippen LogP contribution in [0.1, 0.15) is 47.6 Å². The third kappa shape index (κ3) is 4.35. The molecule has 0 saturated heterocycles. The second-order valence-electron chi connectivity index (χ2n) is 10.1. The summed E-state index contributed by atoms with van der Waals surface area (Å²) in [6.45, 7) is 1.90. The van der Waals surface area contributed by atoms with Gasteiger partial charge in [-0.3, -0.25) is 4.79 Å². The lowest BCUT2D eigenvalue weighted by Gasteiger charge is -2.35. The number of halogens is 1. The van der Waals surface area contributed by atoms with Gasteiger partial charge in [-0.2, -0.15) is 10.2 Å². The van der Waals surface area contributed by atoms with Gasteiger partial charge in [0.15, 0.2) is 0 Å². The first-order chi connectivity index (χ1) is 18.4. The Morgan fingerprint density at radius 3 is 2.68 bits per heavy atom. The molecule has 7 nitrogen and oxygen atoms in total. The molecule has 8 heteroatoms. The Kier molecular flexibility index (Phi) is 6.01. The number of aliphatic carboxylic acids is 1. The van der Waals surface area contributed by atoms with Crippen LogP contribution >= 0.6 is 0 Å². The van der Waals surface area contributed by atoms with Crippen molar-refractivity contribution in [2.75, 3.05) is 0 Å². The maximum Gasteiger partial charge on any atom is 0.306 e. The first-order valence-electron chi connectivity index (χ1n) is 12.7. The van der Waals surface area contributed by atoms with Crippen molar-refractivity contribution in [2.24, 2.45) is 5.92 Å². The lowest BCUT2D eigenvalue weighted by molar-refractivity contribution is -0.145. The van der Waals surface area contributed by atoms with Crippen molar-refractivity contribution < 1.29 is 18.8 Å². The van der Waals surface area contributed by atoms with Crippen LogP contribution in [0.15, 0.2) is 59.1 Å². The summed E-state index contributed by atoms with van der Waals surface area (Å²) in [5.74, 6) is -0.437. The number of nitrogens with zero attached hydrogens (tertiary/aromatic N) is 3. The zero-order valence-corrected chi connectivity index (χ0v) is 20.7. The molecule has 0 spiro atoms. The van der Waals surface area contributed by atoms with Crippen molar-refractivity contribution in [1.82, 2.24) is 15.5 Å². The molecule has 1 fully saturated rings. The Hall–Kier alpha value is -4.35. The van der Waals surface area contributed by atoms with E-state index in [1.165, 1.54) is 29.3 Å². The standard InChI is InChI=1S/C30H25FN4O3/c1-16-10-19(4-7-24(16)26-14-22(31)6-2-20(26)15-32)29-34-28(35-38-29)18-3-8-25-17(11-18)5-9-27(25)33-23-12-21(13-23)30(36)37/h2-4,6-8,10-11,14,21,23,27,33H,5,9,12-13H2,1H3,(H,36,37)/t21-,23-,27?. The highest BCUT2D eigenvalue weighted by Gasteiger charge is 2.36. The molecule has 1 atom stereocenters. The minimum absolute atomic E-state index is 0.223. The third-order valence-corrected chi connectivity index (χ3v) is 7.69. The molecule has 4 aromatic rings. The number of hydrogen-bond acceptors (Lipinski definition) is 6. The van der Waals surface area contributed by atoms with E-state index >= 15 is 0 Å². The summed E-state index contributed by atoms with van der Waals surface area (Å²) >= 11 is 0. The van der Waals surface area contributed by atoms with Crippen molar-refractivity contribution in [1.29, 1.82) is 5.26 Å². The molecule has 1 aromatic heterocycles. The summed E-state index contributed by atoms with van der Waals surface area (Å²) in [5.41, 5.74) is 6.70. The van der Waals surface area contributed by atoms with Gasteiger partial charge in [0.1, 0.15) is 5.82 Å². The van der Waals surface area contributed by atoms with Gasteiger partial charge in [-0.05, 0) is 91.3 Å². The van der Waals surface area contributed by atoms with Crippen molar-refractivity contribution >= 4 is 5.97 Å². The van der Waals surface area contributed by atoms with Crippen LogP contribution in [0.2, 0.25) is 0 Å². The highest BCUT2D eigenvalue weighted by Crippen LogP contribution is 2.37. The van der Waals surface area contributed by atoms with Crippen LogP contribution in [-0.4, -0.2) is 27.3 Å². The van der Waals surface area contributed by atoms with Crippen molar-refractivity contribution in [3.05, 3.63) is 82.7 Å². The van der Waals surface area contributed by atoms with E-state index in [1.54, 1.807) is 0 Å². The van der Waals surface area contributed by atoms with Crippen LogP contribution in [-0.2, 0) is 11.2 Å². The maximum atomic E-state index is 13.9. The minimum Gasteiger partial charge on any atom is -0.481 e. The Bertz CT molecular complexity index is 1600. The average Bonchev–Trinajstić information content (AvgIpc) is 3.53. The van der Waals surface area contributed by atoms with E-state index < -0.39 is 11.8 Å². The first-order valence-corrected chi connectivity index (χ1v) is 12.7. The summed E-state index contributed by atoms with van der Waals surface area (Å²) in [4.78, 5) is 15.7. The summed E-state index contributed by atoms with van der Waals surface area (Å²) in [5, 5.41) is 26.4. The van der Waals surface area contributed by atoms with Crippen LogP contribution in [0.25, 0.3) is 34.0 Å². The average molecular weight is 509 g/mol. The predicted molar refractivity (Wildman–Crippen MR) is 138 cm³/mol. The van der Waals surface area contributed by atoms with Crippen LogP contribution < -0.4 is 5.32 Å². The zero-order chi connectivity index (χ0) is 26.4. The summed E-state index contributed by atoms with van der Waals surface area (Å²) in [7, 11) is 0. The van der Waals surface area contributed by atoms with E-state index in [4.69, 9.17) is 9.63 Å². The Balaban J connectivity index is 1.20. The fourth-order valence-corrected chi connectivity index (χ4v) is 5.56. The molecule has 2 aliphatic carbocycles. The molecule has 0 aliphatic heterocycles. The number of benzene rings is 3. The number of aromatic nitrogens is 2. The Morgan fingerprint density at radius 2 is 1.92 bits per heavy atom. The Morgan fingerprint density at radius 1 is 1.11 bits per heavy atom. The van der Waals surface area contributed by atoms with Gasteiger partial charge < -0.3 is 14.9 Å². The van der Waals surface area contributed by atoms with Crippen molar-refractivity contribution in [2.45, 2.75) is 44.7 Å². The third-order valence-electron chi connectivity index (χ3n) is 7.69. The van der Waals surface area contributed by atoms with E-state index in [0.717, 1.165) is 35.1 Å². The fraction of sp³-hybridized carbons (Fsp3) is 0.267. The molecule has 2 N–H and O–H groups in total. The Labute approximate surface area is 218 Å². The summed E-state index contributed by atoms with van der Waals surface area (Å²) in [6.07, 6.45) is 3.29. The molecule has 3 aromatic carbocycles. The molecule has 6 rings (SSSR count). The number of hydrogen-bond donors (Lipinski definition) is 2. The molecular weight excluding hydrogens is 483 g/mol. The number of carboxylic acids is 1. The van der Waals surface area contributed by atoms with Gasteiger partial charge in [0.05, 0.1) is 17.6 Å². The van der Waals surface area contributed by atoms with Gasteiger partial charge in [-0.25, -0.2) is 4.39 Å². The second kappa shape index (κ2) is 9.51. The minimum atomic E-state index is -0.704. The van der Waals surface area contributed by atoms with E-state index in [1.807, 2.05) is 31.2 Å². The molecule has 2 aliphatic rings. The summed E-state index contributed by atoms with van der Waals surface area (Å²) < 4.78 is 19.4. The molecule has 0 amide bonds. The monoisotopic (exact) mass is 508 g/mol. The quantitative estimate of drug-likeness (QED) is 0.337. The molecule has 0 radical (unpaired) electrons. The predicted octanol–water partition coefficient (Wildman–Crippen LogP) is 5.83. The van der Waals surface area contributed by atoms with Crippen LogP contribution in [0.5, 0.6) is 0 Å². The number of carbonyl (C=O) groups is 1.